The number of anilines is 1. The zero-order chi connectivity index (χ0) is 15.1. The van der Waals surface area contributed by atoms with Crippen molar-refractivity contribution in [2.75, 3.05) is 18.8 Å². The Kier molecular flexibility index (Phi) is 3.08. The summed E-state index contributed by atoms with van der Waals surface area (Å²) in [4.78, 5) is 16.5. The van der Waals surface area contributed by atoms with Crippen LogP contribution in [0.25, 0.3) is 0 Å². The maximum Gasteiger partial charge on any atom is 0.253 e. The number of rotatable bonds is 2. The van der Waals surface area contributed by atoms with E-state index in [0.29, 0.717) is 23.2 Å². The summed E-state index contributed by atoms with van der Waals surface area (Å²) in [6, 6.07) is 11.8. The van der Waals surface area contributed by atoms with Crippen molar-refractivity contribution in [2.45, 2.75) is 12.0 Å². The predicted molar refractivity (Wildman–Crippen MR) is 84.4 cm³/mol. The number of amides is 1. The number of hydrogen-bond acceptors (Lipinski definition) is 4. The standard InChI is InChI=1S/C17H18N4O/c18-15-6-5-10(7-20-15)17(22)21-16-12-4-2-1-3-11(12)13-8-19-9-14(13)16/h1-7,13-14,16,19H,8-9H2,(H2,18,20)(H,21,22)/t13-,14-,16-/m0/s1. The van der Waals surface area contributed by atoms with Gasteiger partial charge in [0, 0.05) is 31.1 Å². The summed E-state index contributed by atoms with van der Waals surface area (Å²) in [5.41, 5.74) is 8.72. The molecule has 3 atom stereocenters. The van der Waals surface area contributed by atoms with Crippen LogP contribution in [0.5, 0.6) is 0 Å². The van der Waals surface area contributed by atoms with E-state index in [1.165, 1.54) is 17.3 Å². The van der Waals surface area contributed by atoms with Gasteiger partial charge in [0.15, 0.2) is 0 Å². The van der Waals surface area contributed by atoms with Gasteiger partial charge in [-0.1, -0.05) is 24.3 Å². The average molecular weight is 294 g/mol. The van der Waals surface area contributed by atoms with Gasteiger partial charge >= 0.3 is 0 Å². The monoisotopic (exact) mass is 294 g/mol. The maximum atomic E-state index is 12.5. The zero-order valence-electron chi connectivity index (χ0n) is 12.1. The molecule has 4 N–H and O–H groups in total. The van der Waals surface area contributed by atoms with Crippen molar-refractivity contribution in [1.29, 1.82) is 0 Å². The first-order chi connectivity index (χ1) is 10.7. The van der Waals surface area contributed by atoms with Gasteiger partial charge in [-0.05, 0) is 23.3 Å². The van der Waals surface area contributed by atoms with Gasteiger partial charge in [-0.15, -0.1) is 0 Å². The minimum atomic E-state index is -0.0974. The van der Waals surface area contributed by atoms with Gasteiger partial charge in [0.05, 0.1) is 11.6 Å². The van der Waals surface area contributed by atoms with Crippen LogP contribution in [0.4, 0.5) is 5.82 Å². The third kappa shape index (κ3) is 2.05. The highest BCUT2D eigenvalue weighted by molar-refractivity contribution is 5.94. The summed E-state index contributed by atoms with van der Waals surface area (Å²) in [5, 5.41) is 6.62. The van der Waals surface area contributed by atoms with Crippen molar-refractivity contribution < 1.29 is 4.79 Å². The molecule has 2 aliphatic rings. The van der Waals surface area contributed by atoms with Gasteiger partial charge in [-0.2, -0.15) is 0 Å². The molecule has 2 heterocycles. The molecule has 2 aromatic rings. The molecule has 5 nitrogen and oxygen atoms in total. The molecule has 0 saturated carbocycles. The van der Waals surface area contributed by atoms with Crippen LogP contribution in [-0.2, 0) is 0 Å². The molecule has 1 saturated heterocycles. The van der Waals surface area contributed by atoms with Gasteiger partial charge in [-0.25, -0.2) is 4.98 Å². The Bertz CT molecular complexity index is 713. The molecule has 0 unspecified atom stereocenters. The Labute approximate surface area is 128 Å². The molecule has 22 heavy (non-hydrogen) atoms. The number of hydrogen-bond donors (Lipinski definition) is 3. The van der Waals surface area contributed by atoms with E-state index < -0.39 is 0 Å². The number of nitrogens with one attached hydrogen (secondary N) is 2. The molecule has 1 fully saturated rings. The van der Waals surface area contributed by atoms with Crippen LogP contribution in [0, 0.1) is 5.92 Å². The van der Waals surface area contributed by atoms with E-state index in [4.69, 9.17) is 5.73 Å². The van der Waals surface area contributed by atoms with E-state index in [1.54, 1.807) is 12.1 Å². The molecule has 0 spiro atoms. The van der Waals surface area contributed by atoms with Crippen LogP contribution in [0.3, 0.4) is 0 Å². The van der Waals surface area contributed by atoms with E-state index in [2.05, 4.69) is 33.8 Å². The number of aromatic nitrogens is 1. The second-order valence-electron chi connectivity index (χ2n) is 5.98. The van der Waals surface area contributed by atoms with Crippen molar-refractivity contribution in [3.05, 3.63) is 59.3 Å². The number of nitrogen functional groups attached to an aromatic ring is 1. The summed E-state index contributed by atoms with van der Waals surface area (Å²) in [5.74, 6) is 1.23. The van der Waals surface area contributed by atoms with Gasteiger partial charge in [0.2, 0.25) is 0 Å². The highest BCUT2D eigenvalue weighted by atomic mass is 16.1. The number of pyridine rings is 1. The summed E-state index contributed by atoms with van der Waals surface area (Å²) in [6.45, 7) is 1.92. The third-order valence-electron chi connectivity index (χ3n) is 4.75. The summed E-state index contributed by atoms with van der Waals surface area (Å²) in [6.07, 6.45) is 1.52. The van der Waals surface area contributed by atoms with Crippen molar-refractivity contribution in [2.24, 2.45) is 5.92 Å². The van der Waals surface area contributed by atoms with E-state index in [-0.39, 0.29) is 11.9 Å². The first kappa shape index (κ1) is 13.3. The van der Waals surface area contributed by atoms with Crippen LogP contribution in [0.1, 0.15) is 33.4 Å². The fourth-order valence-corrected chi connectivity index (χ4v) is 3.70. The SMILES string of the molecule is Nc1ccc(C(=O)N[C@H]2c3ccccc3[C@@H]3CNC[C@@H]32)cn1. The second kappa shape index (κ2) is 5.10. The fraction of sp³-hybridized carbons (Fsp3) is 0.294. The molecule has 5 heteroatoms. The molecule has 1 aliphatic carbocycles. The third-order valence-corrected chi connectivity index (χ3v) is 4.75. The van der Waals surface area contributed by atoms with Crippen LogP contribution in [0.15, 0.2) is 42.6 Å². The van der Waals surface area contributed by atoms with E-state index in [9.17, 15) is 4.79 Å². The lowest BCUT2D eigenvalue weighted by molar-refractivity contribution is 0.0925. The Balaban J connectivity index is 1.62. The maximum absolute atomic E-state index is 12.5. The molecule has 1 aliphatic heterocycles. The number of benzene rings is 1. The van der Waals surface area contributed by atoms with Crippen molar-refractivity contribution in [1.82, 2.24) is 15.6 Å². The van der Waals surface area contributed by atoms with Gasteiger partial charge in [-0.3, -0.25) is 4.79 Å². The number of nitrogens with two attached hydrogens (primary N) is 1. The highest BCUT2D eigenvalue weighted by Crippen LogP contribution is 2.46. The van der Waals surface area contributed by atoms with Gasteiger partial charge < -0.3 is 16.4 Å². The smallest absolute Gasteiger partial charge is 0.253 e. The van der Waals surface area contributed by atoms with Crippen LogP contribution in [0.2, 0.25) is 0 Å². The zero-order valence-corrected chi connectivity index (χ0v) is 12.1. The summed E-state index contributed by atoms with van der Waals surface area (Å²) >= 11 is 0. The Morgan fingerprint density at radius 3 is 2.77 bits per heavy atom. The Morgan fingerprint density at radius 2 is 2.00 bits per heavy atom. The molecule has 1 aromatic heterocycles. The lowest BCUT2D eigenvalue weighted by Crippen LogP contribution is -2.33. The van der Waals surface area contributed by atoms with E-state index in [0.717, 1.165) is 13.1 Å². The molecular formula is C17H18N4O. The number of nitrogens with zero attached hydrogens (tertiary/aromatic N) is 1. The molecule has 112 valence electrons. The Morgan fingerprint density at radius 1 is 1.18 bits per heavy atom. The molecule has 1 amide bonds. The van der Waals surface area contributed by atoms with Crippen molar-refractivity contribution >= 4 is 11.7 Å². The van der Waals surface area contributed by atoms with Gasteiger partial charge in [0.25, 0.3) is 5.91 Å². The number of carbonyl (C=O) groups is 1. The largest absolute Gasteiger partial charge is 0.384 e. The first-order valence-corrected chi connectivity index (χ1v) is 7.56. The van der Waals surface area contributed by atoms with Crippen molar-refractivity contribution in [3.63, 3.8) is 0 Å². The minimum absolute atomic E-state index is 0.0567. The van der Waals surface area contributed by atoms with Crippen LogP contribution < -0.4 is 16.4 Å². The normalized spacial score (nSPS) is 25.5. The molecular weight excluding hydrogens is 276 g/mol. The fourth-order valence-electron chi connectivity index (χ4n) is 3.70. The van der Waals surface area contributed by atoms with Gasteiger partial charge in [0.1, 0.15) is 5.82 Å². The Hall–Kier alpha value is -2.40. The molecule has 0 radical (unpaired) electrons. The van der Waals surface area contributed by atoms with E-state index >= 15 is 0 Å². The lowest BCUT2D eigenvalue weighted by atomic mass is 9.94. The predicted octanol–water partition coefficient (Wildman–Crippen LogP) is 1.45. The van der Waals surface area contributed by atoms with Crippen molar-refractivity contribution in [3.8, 4) is 0 Å². The summed E-state index contributed by atoms with van der Waals surface area (Å²) in [7, 11) is 0. The highest BCUT2D eigenvalue weighted by Gasteiger charge is 2.43. The molecule has 1 aromatic carbocycles. The molecule has 0 bridgehead atoms. The lowest BCUT2D eigenvalue weighted by Gasteiger charge is -2.20. The summed E-state index contributed by atoms with van der Waals surface area (Å²) < 4.78 is 0. The quantitative estimate of drug-likeness (QED) is 0.783. The number of carbonyl (C=O) groups excluding carboxylic acids is 1. The average Bonchev–Trinajstić information content (AvgIpc) is 3.11. The first-order valence-electron chi connectivity index (χ1n) is 7.56. The molecule has 4 rings (SSSR count). The number of fused-ring (bicyclic) bond motifs is 3. The van der Waals surface area contributed by atoms with Crippen LogP contribution in [-0.4, -0.2) is 24.0 Å². The van der Waals surface area contributed by atoms with E-state index in [1.807, 2.05) is 6.07 Å². The second-order valence-corrected chi connectivity index (χ2v) is 5.98. The minimum Gasteiger partial charge on any atom is -0.384 e. The topological polar surface area (TPSA) is 80.0 Å². The van der Waals surface area contributed by atoms with Crippen LogP contribution >= 0.6 is 0 Å².